The minimum absolute atomic E-state index is 0.134. The lowest BCUT2D eigenvalue weighted by molar-refractivity contribution is -0.389. The minimum Gasteiger partial charge on any atom is -0.377 e. The molecular weight excluding hydrogens is 250 g/mol. The molecule has 18 heavy (non-hydrogen) atoms. The predicted molar refractivity (Wildman–Crippen MR) is 71.9 cm³/mol. The van der Waals surface area contributed by atoms with Gasteiger partial charge in [-0.05, 0) is 34.5 Å². The lowest BCUT2D eigenvalue weighted by atomic mass is 10.3. The number of rotatable bonds is 5. The van der Waals surface area contributed by atoms with Crippen LogP contribution in [0.5, 0.6) is 0 Å². The summed E-state index contributed by atoms with van der Waals surface area (Å²) in [7, 11) is 0. The van der Waals surface area contributed by atoms with Crippen molar-refractivity contribution in [3.05, 3.63) is 50.3 Å². The maximum Gasteiger partial charge on any atom is 0.363 e. The molecule has 0 bridgehead atoms. The zero-order valence-electron chi connectivity index (χ0n) is 9.92. The van der Waals surface area contributed by atoms with Crippen molar-refractivity contribution in [2.24, 2.45) is 0 Å². The highest BCUT2D eigenvalue weighted by Gasteiger charge is 2.06. The minimum atomic E-state index is -0.503. The highest BCUT2D eigenvalue weighted by Crippen LogP contribution is 2.19. The lowest BCUT2D eigenvalue weighted by Gasteiger charge is -2.02. The first-order valence-electron chi connectivity index (χ1n) is 5.61. The Bertz CT molecular complexity index is 537. The predicted octanol–water partition coefficient (Wildman–Crippen LogP) is 3.23. The number of hydrogen-bond donors (Lipinski definition) is 1. The van der Waals surface area contributed by atoms with E-state index in [1.165, 1.54) is 22.0 Å². The molecule has 0 aliphatic carbocycles. The van der Waals surface area contributed by atoms with Crippen LogP contribution in [0.1, 0.15) is 16.7 Å². The Labute approximate surface area is 109 Å². The molecule has 94 valence electrons. The van der Waals surface area contributed by atoms with E-state index in [4.69, 9.17) is 0 Å². The molecule has 0 aromatic carbocycles. The summed E-state index contributed by atoms with van der Waals surface area (Å²) in [5, 5.41) is 13.6. The van der Waals surface area contributed by atoms with Crippen molar-refractivity contribution in [2.45, 2.75) is 19.9 Å². The Morgan fingerprint density at radius 2 is 2.11 bits per heavy atom. The molecular formula is C12H13N3O2S. The fourth-order valence-corrected chi connectivity index (χ4v) is 2.39. The molecule has 5 nitrogen and oxygen atoms in total. The van der Waals surface area contributed by atoms with Crippen molar-refractivity contribution in [1.29, 1.82) is 0 Å². The molecule has 0 fully saturated rings. The average Bonchev–Trinajstić information content (AvgIpc) is 2.85. The van der Waals surface area contributed by atoms with Crippen LogP contribution >= 0.6 is 11.3 Å². The Kier molecular flexibility index (Phi) is 3.88. The average molecular weight is 263 g/mol. The Hall–Kier alpha value is -1.95. The van der Waals surface area contributed by atoms with Gasteiger partial charge in [-0.3, -0.25) is 0 Å². The SMILES string of the molecule is CCc1ccc(CNc2ccc([N+](=O)[O-])nc2)s1. The topological polar surface area (TPSA) is 68.1 Å². The number of pyridine rings is 1. The van der Waals surface area contributed by atoms with Gasteiger partial charge in [0.25, 0.3) is 0 Å². The van der Waals surface area contributed by atoms with E-state index in [1.54, 1.807) is 17.4 Å². The molecule has 0 spiro atoms. The van der Waals surface area contributed by atoms with Crippen molar-refractivity contribution in [3.63, 3.8) is 0 Å². The van der Waals surface area contributed by atoms with Gasteiger partial charge in [-0.15, -0.1) is 11.3 Å². The molecule has 1 N–H and O–H groups in total. The highest BCUT2D eigenvalue weighted by molar-refractivity contribution is 7.12. The Morgan fingerprint density at radius 3 is 2.67 bits per heavy atom. The second-order valence-electron chi connectivity index (χ2n) is 3.74. The second-order valence-corrected chi connectivity index (χ2v) is 4.99. The van der Waals surface area contributed by atoms with Gasteiger partial charge in [0.15, 0.2) is 6.20 Å². The van der Waals surface area contributed by atoms with Gasteiger partial charge in [0.1, 0.15) is 0 Å². The molecule has 2 aromatic rings. The molecule has 2 heterocycles. The van der Waals surface area contributed by atoms with Gasteiger partial charge < -0.3 is 15.4 Å². The fourth-order valence-electron chi connectivity index (χ4n) is 1.50. The maximum atomic E-state index is 10.5. The van der Waals surface area contributed by atoms with Crippen LogP contribution in [0.25, 0.3) is 0 Å². The fraction of sp³-hybridized carbons (Fsp3) is 0.250. The van der Waals surface area contributed by atoms with Gasteiger partial charge in [-0.1, -0.05) is 6.92 Å². The molecule has 0 saturated carbocycles. The Morgan fingerprint density at radius 1 is 1.33 bits per heavy atom. The number of aromatic nitrogens is 1. The summed E-state index contributed by atoms with van der Waals surface area (Å²) in [6.07, 6.45) is 2.52. The summed E-state index contributed by atoms with van der Waals surface area (Å²) < 4.78 is 0. The summed E-state index contributed by atoms with van der Waals surface area (Å²) in [5.41, 5.74) is 0.784. The summed E-state index contributed by atoms with van der Waals surface area (Å²) >= 11 is 1.77. The molecule has 6 heteroatoms. The molecule has 0 atom stereocenters. The van der Waals surface area contributed by atoms with Gasteiger partial charge in [0.2, 0.25) is 0 Å². The number of nitrogens with zero attached hydrogens (tertiary/aromatic N) is 2. The van der Waals surface area contributed by atoms with Gasteiger partial charge in [0, 0.05) is 22.4 Å². The van der Waals surface area contributed by atoms with Gasteiger partial charge >= 0.3 is 5.82 Å². The van der Waals surface area contributed by atoms with Crippen molar-refractivity contribution in [1.82, 2.24) is 4.98 Å². The van der Waals surface area contributed by atoms with Gasteiger partial charge in [0.05, 0.1) is 5.69 Å². The number of aryl methyl sites for hydroxylation is 1. The molecule has 0 amide bonds. The van der Waals surface area contributed by atoms with Crippen LogP contribution in [0.4, 0.5) is 11.5 Å². The van der Waals surface area contributed by atoms with Crippen LogP contribution in [0.15, 0.2) is 30.5 Å². The standard InChI is InChI=1S/C12H13N3O2S/c1-2-10-4-5-11(18-10)8-13-9-3-6-12(14-7-9)15(16)17/h3-7,13H,2,8H2,1H3. The zero-order chi connectivity index (χ0) is 13.0. The zero-order valence-corrected chi connectivity index (χ0v) is 10.7. The number of nitro groups is 1. The summed E-state index contributed by atoms with van der Waals surface area (Å²) in [6, 6.07) is 7.28. The van der Waals surface area contributed by atoms with E-state index < -0.39 is 4.92 Å². The van der Waals surface area contributed by atoms with Crippen LogP contribution in [0.3, 0.4) is 0 Å². The van der Waals surface area contributed by atoms with Crippen LogP contribution < -0.4 is 5.32 Å². The molecule has 2 rings (SSSR count). The van der Waals surface area contributed by atoms with Crippen LogP contribution in [0.2, 0.25) is 0 Å². The van der Waals surface area contributed by atoms with Gasteiger partial charge in [-0.25, -0.2) is 0 Å². The third-order valence-electron chi connectivity index (χ3n) is 2.47. The molecule has 0 aliphatic heterocycles. The quantitative estimate of drug-likeness (QED) is 0.664. The summed E-state index contributed by atoms with van der Waals surface area (Å²) in [4.78, 5) is 16.3. The normalized spacial score (nSPS) is 10.3. The number of anilines is 1. The van der Waals surface area contributed by atoms with Gasteiger partial charge in [-0.2, -0.15) is 0 Å². The van der Waals surface area contributed by atoms with E-state index in [1.807, 2.05) is 0 Å². The van der Waals surface area contributed by atoms with E-state index in [9.17, 15) is 10.1 Å². The summed E-state index contributed by atoms with van der Waals surface area (Å²) in [5.74, 6) is -0.134. The first-order chi connectivity index (χ1) is 8.69. The third-order valence-corrected chi connectivity index (χ3v) is 3.70. The van der Waals surface area contributed by atoms with E-state index in [0.29, 0.717) is 6.54 Å². The number of thiophene rings is 1. The Balaban J connectivity index is 1.95. The number of nitrogens with one attached hydrogen (secondary N) is 1. The van der Waals surface area contributed by atoms with Crippen LogP contribution in [-0.2, 0) is 13.0 Å². The van der Waals surface area contributed by atoms with E-state index in [0.717, 1.165) is 12.1 Å². The van der Waals surface area contributed by atoms with Crippen molar-refractivity contribution < 1.29 is 4.92 Å². The van der Waals surface area contributed by atoms with Crippen molar-refractivity contribution in [3.8, 4) is 0 Å². The second kappa shape index (κ2) is 5.59. The van der Waals surface area contributed by atoms with E-state index in [2.05, 4.69) is 29.4 Å². The monoisotopic (exact) mass is 263 g/mol. The first-order valence-corrected chi connectivity index (χ1v) is 6.42. The van der Waals surface area contributed by atoms with Crippen molar-refractivity contribution in [2.75, 3.05) is 5.32 Å². The molecule has 2 aromatic heterocycles. The van der Waals surface area contributed by atoms with Crippen LogP contribution in [-0.4, -0.2) is 9.91 Å². The van der Waals surface area contributed by atoms with Crippen molar-refractivity contribution >= 4 is 22.8 Å². The van der Waals surface area contributed by atoms with E-state index >= 15 is 0 Å². The summed E-state index contributed by atoms with van der Waals surface area (Å²) in [6.45, 7) is 2.84. The molecule has 0 radical (unpaired) electrons. The highest BCUT2D eigenvalue weighted by atomic mass is 32.1. The smallest absolute Gasteiger partial charge is 0.363 e. The maximum absolute atomic E-state index is 10.5. The van der Waals surface area contributed by atoms with E-state index in [-0.39, 0.29) is 5.82 Å². The lowest BCUT2D eigenvalue weighted by Crippen LogP contribution is -1.99. The molecule has 0 unspecified atom stereocenters. The first kappa shape index (κ1) is 12.5. The largest absolute Gasteiger partial charge is 0.377 e. The van der Waals surface area contributed by atoms with Crippen LogP contribution in [0, 0.1) is 10.1 Å². The number of hydrogen-bond acceptors (Lipinski definition) is 5. The third kappa shape index (κ3) is 3.04. The molecule has 0 aliphatic rings. The molecule has 0 saturated heterocycles.